The largest absolute Gasteiger partial charge is 0.493 e. The first kappa shape index (κ1) is 18.1. The van der Waals surface area contributed by atoms with Gasteiger partial charge in [0.2, 0.25) is 5.91 Å². The number of nitrogens with zero attached hydrogens (tertiary/aromatic N) is 2. The summed E-state index contributed by atoms with van der Waals surface area (Å²) in [5.74, 6) is 1.43. The van der Waals surface area contributed by atoms with Gasteiger partial charge < -0.3 is 19.3 Å². The fourth-order valence-corrected chi connectivity index (χ4v) is 3.50. The number of fused-ring (bicyclic) bond motifs is 1. The van der Waals surface area contributed by atoms with Crippen molar-refractivity contribution in [1.29, 1.82) is 0 Å². The van der Waals surface area contributed by atoms with Crippen LogP contribution in [0, 0.1) is 0 Å². The van der Waals surface area contributed by atoms with E-state index in [1.54, 1.807) is 14.2 Å². The number of amides is 1. The average Bonchev–Trinajstić information content (AvgIpc) is 2.67. The number of methoxy groups -OCH3 is 2. The molecule has 0 radical (unpaired) electrons. The van der Waals surface area contributed by atoms with Gasteiger partial charge in [-0.15, -0.1) is 0 Å². The molecule has 3 rings (SSSR count). The topological polar surface area (TPSA) is 42.0 Å². The predicted molar refractivity (Wildman–Crippen MR) is 105 cm³/mol. The van der Waals surface area contributed by atoms with Crippen molar-refractivity contribution in [3.05, 3.63) is 48.0 Å². The van der Waals surface area contributed by atoms with Crippen LogP contribution in [-0.4, -0.2) is 39.8 Å². The van der Waals surface area contributed by atoms with Crippen LogP contribution in [0.4, 0.5) is 11.4 Å². The van der Waals surface area contributed by atoms with E-state index >= 15 is 0 Å². The van der Waals surface area contributed by atoms with Crippen molar-refractivity contribution in [1.82, 2.24) is 0 Å². The van der Waals surface area contributed by atoms with Crippen LogP contribution in [0.25, 0.3) is 0 Å². The Hall–Kier alpha value is -2.69. The monoisotopic (exact) mass is 354 g/mol. The lowest BCUT2D eigenvalue weighted by Gasteiger charge is -2.36. The first-order valence-corrected chi connectivity index (χ1v) is 8.88. The Morgan fingerprint density at radius 2 is 1.88 bits per heavy atom. The molecule has 5 nitrogen and oxygen atoms in total. The van der Waals surface area contributed by atoms with Crippen LogP contribution in [-0.2, 0) is 11.2 Å². The lowest BCUT2D eigenvalue weighted by atomic mass is 9.96. The Balaban J connectivity index is 1.79. The number of rotatable bonds is 5. The molecule has 2 aromatic carbocycles. The summed E-state index contributed by atoms with van der Waals surface area (Å²) >= 11 is 0. The van der Waals surface area contributed by atoms with E-state index in [0.717, 1.165) is 24.2 Å². The molecule has 0 saturated heterocycles. The van der Waals surface area contributed by atoms with Gasteiger partial charge >= 0.3 is 0 Å². The summed E-state index contributed by atoms with van der Waals surface area (Å²) in [5.41, 5.74) is 3.19. The molecule has 1 amide bonds. The summed E-state index contributed by atoms with van der Waals surface area (Å²) in [6.45, 7) is 2.42. The Morgan fingerprint density at radius 1 is 1.15 bits per heavy atom. The van der Waals surface area contributed by atoms with Gasteiger partial charge in [-0.2, -0.15) is 0 Å². The molecule has 2 aromatic rings. The molecule has 0 fully saturated rings. The highest BCUT2D eigenvalue weighted by atomic mass is 16.5. The number of hydrogen-bond donors (Lipinski definition) is 0. The molecule has 1 atom stereocenters. The highest BCUT2D eigenvalue weighted by molar-refractivity contribution is 5.98. The molecule has 1 aliphatic rings. The maximum Gasteiger partial charge on any atom is 0.246 e. The van der Waals surface area contributed by atoms with E-state index in [1.807, 2.05) is 53.2 Å². The molecule has 0 aliphatic carbocycles. The molecule has 1 heterocycles. The lowest BCUT2D eigenvalue weighted by Crippen LogP contribution is -2.46. The molecule has 138 valence electrons. The summed E-state index contributed by atoms with van der Waals surface area (Å²) in [7, 11) is 5.14. The second kappa shape index (κ2) is 7.68. The van der Waals surface area contributed by atoms with E-state index in [4.69, 9.17) is 9.47 Å². The summed E-state index contributed by atoms with van der Waals surface area (Å²) in [6, 6.07) is 14.1. The Bertz CT molecular complexity index is 791. The Kier molecular flexibility index (Phi) is 5.35. The van der Waals surface area contributed by atoms with Gasteiger partial charge in [0.25, 0.3) is 0 Å². The van der Waals surface area contributed by atoms with E-state index in [1.165, 1.54) is 5.56 Å². The number of carbonyl (C=O) groups is 1. The fraction of sp³-hybridized carbons (Fsp3) is 0.381. The molecular formula is C21H26N2O3. The molecule has 0 aromatic heterocycles. The van der Waals surface area contributed by atoms with Gasteiger partial charge in [0.1, 0.15) is 0 Å². The molecule has 0 unspecified atom stereocenters. The molecule has 0 bridgehead atoms. The zero-order valence-corrected chi connectivity index (χ0v) is 15.9. The molecule has 1 aliphatic heterocycles. The average molecular weight is 354 g/mol. The minimum Gasteiger partial charge on any atom is -0.493 e. The zero-order valence-electron chi connectivity index (χ0n) is 15.9. The maximum absolute atomic E-state index is 13.1. The minimum absolute atomic E-state index is 0.0990. The third kappa shape index (κ3) is 3.47. The number of benzene rings is 2. The summed E-state index contributed by atoms with van der Waals surface area (Å²) in [6.07, 6.45) is 2.01. The van der Waals surface area contributed by atoms with Crippen molar-refractivity contribution in [2.24, 2.45) is 0 Å². The standard InChI is InChI=1S/C21H26N2O3/c1-15-9-10-16-7-5-6-8-18(16)23(15)21(24)14-22(2)17-11-12-19(25-3)20(13-17)26-4/h5-8,11-13,15H,9-10,14H2,1-4H3/t15-/m1/s1. The third-order valence-electron chi connectivity index (χ3n) is 4.97. The normalized spacial score (nSPS) is 16.0. The summed E-state index contributed by atoms with van der Waals surface area (Å²) < 4.78 is 10.6. The lowest BCUT2D eigenvalue weighted by molar-refractivity contribution is -0.117. The van der Waals surface area contributed by atoms with Gasteiger partial charge in [-0.1, -0.05) is 18.2 Å². The molecule has 0 N–H and O–H groups in total. The van der Waals surface area contributed by atoms with E-state index in [9.17, 15) is 4.79 Å². The summed E-state index contributed by atoms with van der Waals surface area (Å²) in [5, 5.41) is 0. The van der Waals surface area contributed by atoms with Gasteiger partial charge in [-0.05, 0) is 43.5 Å². The number of anilines is 2. The summed E-state index contributed by atoms with van der Waals surface area (Å²) in [4.78, 5) is 16.9. The molecule has 26 heavy (non-hydrogen) atoms. The Labute approximate surface area is 155 Å². The Morgan fingerprint density at radius 3 is 2.62 bits per heavy atom. The first-order chi connectivity index (χ1) is 12.5. The number of ether oxygens (including phenoxy) is 2. The van der Waals surface area contributed by atoms with Crippen molar-refractivity contribution in [3.63, 3.8) is 0 Å². The van der Waals surface area contributed by atoms with Crippen LogP contribution in [0.5, 0.6) is 11.5 Å². The minimum atomic E-state index is 0.0990. The van der Waals surface area contributed by atoms with E-state index < -0.39 is 0 Å². The van der Waals surface area contributed by atoms with Crippen LogP contribution < -0.4 is 19.3 Å². The second-order valence-corrected chi connectivity index (χ2v) is 6.68. The number of hydrogen-bond acceptors (Lipinski definition) is 4. The second-order valence-electron chi connectivity index (χ2n) is 6.68. The van der Waals surface area contributed by atoms with Crippen molar-refractivity contribution >= 4 is 17.3 Å². The van der Waals surface area contributed by atoms with E-state index in [0.29, 0.717) is 18.0 Å². The van der Waals surface area contributed by atoms with Crippen LogP contribution in [0.3, 0.4) is 0 Å². The van der Waals surface area contributed by atoms with Crippen molar-refractivity contribution in [2.75, 3.05) is 37.6 Å². The highest BCUT2D eigenvalue weighted by Gasteiger charge is 2.28. The van der Waals surface area contributed by atoms with Crippen molar-refractivity contribution in [3.8, 4) is 11.5 Å². The third-order valence-corrected chi connectivity index (χ3v) is 4.97. The predicted octanol–water partition coefficient (Wildman–Crippen LogP) is 3.51. The molecular weight excluding hydrogens is 328 g/mol. The number of carbonyl (C=O) groups excluding carboxylic acids is 1. The van der Waals surface area contributed by atoms with Crippen LogP contribution in [0.1, 0.15) is 18.9 Å². The number of aryl methyl sites for hydroxylation is 1. The van der Waals surface area contributed by atoms with Crippen molar-refractivity contribution in [2.45, 2.75) is 25.8 Å². The van der Waals surface area contributed by atoms with Crippen molar-refractivity contribution < 1.29 is 14.3 Å². The van der Waals surface area contributed by atoms with Gasteiger partial charge in [0, 0.05) is 30.5 Å². The van der Waals surface area contributed by atoms with Crippen LogP contribution >= 0.6 is 0 Å². The fourth-order valence-electron chi connectivity index (χ4n) is 3.50. The number of likely N-dealkylation sites (N-methyl/N-ethyl adjacent to an activating group) is 1. The zero-order chi connectivity index (χ0) is 18.7. The van der Waals surface area contributed by atoms with Gasteiger partial charge in [-0.3, -0.25) is 4.79 Å². The highest BCUT2D eigenvalue weighted by Crippen LogP contribution is 2.33. The number of para-hydroxylation sites is 1. The van der Waals surface area contributed by atoms with Gasteiger partial charge in [-0.25, -0.2) is 0 Å². The van der Waals surface area contributed by atoms with E-state index in [2.05, 4.69) is 13.0 Å². The maximum atomic E-state index is 13.1. The van der Waals surface area contributed by atoms with Gasteiger partial charge in [0.05, 0.1) is 20.8 Å². The first-order valence-electron chi connectivity index (χ1n) is 8.88. The van der Waals surface area contributed by atoms with E-state index in [-0.39, 0.29) is 11.9 Å². The quantitative estimate of drug-likeness (QED) is 0.824. The van der Waals surface area contributed by atoms with Crippen LogP contribution in [0.15, 0.2) is 42.5 Å². The smallest absolute Gasteiger partial charge is 0.246 e. The van der Waals surface area contributed by atoms with Crippen LogP contribution in [0.2, 0.25) is 0 Å². The van der Waals surface area contributed by atoms with Gasteiger partial charge in [0.15, 0.2) is 11.5 Å². The molecule has 0 saturated carbocycles. The SMILES string of the molecule is COc1ccc(N(C)CC(=O)N2c3ccccc3CC[C@H]2C)cc1OC. The molecule has 0 spiro atoms. The molecule has 5 heteroatoms.